The van der Waals surface area contributed by atoms with Crippen LogP contribution in [0, 0.1) is 7.43 Å². The topological polar surface area (TPSA) is 43.6 Å². The van der Waals surface area contributed by atoms with Crippen LogP contribution in [0.3, 0.4) is 0 Å². The largest absolute Gasteiger partial charge is 2.00 e. The SMILES string of the molecule is COCCC[N-]C(C)CC(C)O.[CH3-].[Pd+2].c1ccc([PH+](c2ccccc2)c2ccccc2)cc1. The van der Waals surface area contributed by atoms with Crippen molar-refractivity contribution in [3.05, 3.63) is 104 Å². The summed E-state index contributed by atoms with van der Waals surface area (Å²) in [6.45, 7) is 5.42. The van der Waals surface area contributed by atoms with Crippen LogP contribution in [-0.2, 0) is 25.2 Å². The molecule has 0 spiro atoms. The van der Waals surface area contributed by atoms with Crippen LogP contribution in [0.2, 0.25) is 0 Å². The molecule has 3 rings (SSSR count). The van der Waals surface area contributed by atoms with Crippen molar-refractivity contribution in [2.75, 3.05) is 20.3 Å². The number of nitrogens with zero attached hydrogens (tertiary/aromatic N) is 1. The maximum atomic E-state index is 9.04. The normalized spacial score (nSPS) is 11.9. The van der Waals surface area contributed by atoms with Crippen LogP contribution in [0.1, 0.15) is 26.7 Å². The third-order valence-electron chi connectivity index (χ3n) is 4.82. The molecule has 0 saturated carbocycles. The first-order valence-corrected chi connectivity index (χ1v) is 12.5. The average Bonchev–Trinajstić information content (AvgIpc) is 2.79. The second-order valence-corrected chi connectivity index (χ2v) is 10.1. The van der Waals surface area contributed by atoms with Crippen LogP contribution in [0.15, 0.2) is 91.0 Å². The van der Waals surface area contributed by atoms with E-state index in [9.17, 15) is 0 Å². The maximum Gasteiger partial charge on any atom is 2.00 e. The summed E-state index contributed by atoms with van der Waals surface area (Å²) in [5.41, 5.74) is 0. The van der Waals surface area contributed by atoms with E-state index < -0.39 is 7.92 Å². The van der Waals surface area contributed by atoms with Crippen molar-refractivity contribution in [1.29, 1.82) is 0 Å². The summed E-state index contributed by atoms with van der Waals surface area (Å²) >= 11 is 0. The Bertz CT molecular complexity index is 725. The number of hydrogen-bond donors (Lipinski definition) is 1. The molecule has 0 fully saturated rings. The van der Waals surface area contributed by atoms with Gasteiger partial charge in [0.2, 0.25) is 0 Å². The Morgan fingerprint density at radius 1 is 0.788 bits per heavy atom. The molecule has 3 nitrogen and oxygen atoms in total. The maximum absolute atomic E-state index is 9.04. The van der Waals surface area contributed by atoms with E-state index in [4.69, 9.17) is 9.84 Å². The molecule has 0 bridgehead atoms. The fourth-order valence-corrected chi connectivity index (χ4v) is 5.98. The minimum absolute atomic E-state index is 0. The van der Waals surface area contributed by atoms with Gasteiger partial charge < -0.3 is 22.6 Å². The number of hydrogen-bond acceptors (Lipinski definition) is 2. The van der Waals surface area contributed by atoms with E-state index >= 15 is 0 Å². The standard InChI is InChI=1S/C18H15P.C9H20NO2.CH3.Pd/c1-4-10-16(11-5-1)19(17-12-6-2-7-13-17)18-14-8-3-9-15-18;1-8(7-9(2)11)10-5-4-6-12-3;;/h1-15H;8-9,11H,4-7H2,1-3H3;1H3;/q;2*-1;+2/p+1. The first-order valence-electron chi connectivity index (χ1n) is 11.0. The van der Waals surface area contributed by atoms with E-state index in [1.165, 1.54) is 15.9 Å². The molecule has 0 aliphatic rings. The third kappa shape index (κ3) is 12.6. The van der Waals surface area contributed by atoms with Crippen LogP contribution in [0.4, 0.5) is 0 Å². The van der Waals surface area contributed by atoms with Crippen molar-refractivity contribution in [3.8, 4) is 0 Å². The van der Waals surface area contributed by atoms with Gasteiger partial charge in [0.15, 0.2) is 0 Å². The van der Waals surface area contributed by atoms with Gasteiger partial charge in [0.05, 0.1) is 7.92 Å². The molecule has 5 heteroatoms. The number of benzene rings is 3. The average molecular weight is 559 g/mol. The van der Waals surface area contributed by atoms with E-state index in [2.05, 4.69) is 96.3 Å². The van der Waals surface area contributed by atoms with Gasteiger partial charge in [-0.2, -0.15) is 0 Å². The van der Waals surface area contributed by atoms with Gasteiger partial charge in [-0.1, -0.05) is 61.5 Å². The predicted molar refractivity (Wildman–Crippen MR) is 143 cm³/mol. The molecular weight excluding hydrogens is 520 g/mol. The zero-order valence-corrected chi connectivity index (χ0v) is 22.8. The minimum atomic E-state index is -0.877. The summed E-state index contributed by atoms with van der Waals surface area (Å²) in [5, 5.41) is 17.7. The molecule has 0 aliphatic heterocycles. The van der Waals surface area contributed by atoms with Crippen molar-refractivity contribution in [2.45, 2.75) is 38.8 Å². The van der Waals surface area contributed by atoms with Gasteiger partial charge in [-0.05, 0) is 56.2 Å². The van der Waals surface area contributed by atoms with Gasteiger partial charge >= 0.3 is 20.4 Å². The molecule has 33 heavy (non-hydrogen) atoms. The molecular formula is C28H39NO2PPd+. The summed E-state index contributed by atoms with van der Waals surface area (Å²) in [6.07, 6.45) is 1.49. The van der Waals surface area contributed by atoms with Gasteiger partial charge in [-0.3, -0.25) is 0 Å². The van der Waals surface area contributed by atoms with Crippen molar-refractivity contribution in [2.24, 2.45) is 0 Å². The Hall–Kier alpha value is -1.37. The first kappa shape index (κ1) is 31.6. The predicted octanol–water partition coefficient (Wildman–Crippen LogP) is 5.18. The molecule has 3 aromatic rings. The summed E-state index contributed by atoms with van der Waals surface area (Å²) in [6, 6.07) is 32.8. The quantitative estimate of drug-likeness (QED) is 0.161. The van der Waals surface area contributed by atoms with Gasteiger partial charge in [0, 0.05) is 19.8 Å². The van der Waals surface area contributed by atoms with Crippen LogP contribution >= 0.6 is 7.92 Å². The number of aliphatic hydroxyl groups excluding tert-OH is 1. The first-order chi connectivity index (χ1) is 15.1. The van der Waals surface area contributed by atoms with Gasteiger partial charge in [-0.25, -0.2) is 0 Å². The monoisotopic (exact) mass is 558 g/mol. The van der Waals surface area contributed by atoms with Gasteiger partial charge in [-0.15, -0.1) is 12.6 Å². The molecule has 0 heterocycles. The van der Waals surface area contributed by atoms with Crippen molar-refractivity contribution >= 4 is 23.8 Å². The number of aliphatic hydroxyl groups is 1. The Labute approximate surface area is 216 Å². The zero-order chi connectivity index (χ0) is 22.3. The molecule has 0 saturated heterocycles. The summed E-state index contributed by atoms with van der Waals surface area (Å²) in [4.78, 5) is 0. The minimum Gasteiger partial charge on any atom is -0.660 e. The molecule has 0 radical (unpaired) electrons. The Kier molecular flexibility index (Phi) is 18.2. The summed E-state index contributed by atoms with van der Waals surface area (Å²) in [7, 11) is 0.816. The Morgan fingerprint density at radius 2 is 1.18 bits per heavy atom. The fourth-order valence-electron chi connectivity index (χ4n) is 3.40. The fraction of sp³-hybridized carbons (Fsp3) is 0.321. The number of ether oxygens (including phenoxy) is 1. The molecule has 0 aromatic heterocycles. The smallest absolute Gasteiger partial charge is 0.660 e. The van der Waals surface area contributed by atoms with E-state index in [1.54, 1.807) is 14.0 Å². The molecule has 2 unspecified atom stereocenters. The van der Waals surface area contributed by atoms with Gasteiger partial charge in [0.1, 0.15) is 15.9 Å². The second kappa shape index (κ2) is 19.0. The molecule has 1 N–H and O–H groups in total. The zero-order valence-electron chi connectivity index (χ0n) is 20.3. The number of methoxy groups -OCH3 is 1. The van der Waals surface area contributed by atoms with E-state index in [-0.39, 0.29) is 40.0 Å². The molecule has 182 valence electrons. The van der Waals surface area contributed by atoms with Crippen LogP contribution in [-0.4, -0.2) is 37.5 Å². The molecule has 0 aliphatic carbocycles. The van der Waals surface area contributed by atoms with E-state index in [0.29, 0.717) is 0 Å². The van der Waals surface area contributed by atoms with E-state index in [0.717, 1.165) is 26.0 Å². The third-order valence-corrected chi connectivity index (χ3v) is 7.55. The Balaban J connectivity index is 0.000000648. The van der Waals surface area contributed by atoms with Crippen LogP contribution in [0.5, 0.6) is 0 Å². The summed E-state index contributed by atoms with van der Waals surface area (Å²) in [5.74, 6) is 0. The molecule has 2 atom stereocenters. The van der Waals surface area contributed by atoms with Crippen molar-refractivity contribution in [1.82, 2.24) is 0 Å². The number of rotatable bonds is 10. The molecule has 0 amide bonds. The van der Waals surface area contributed by atoms with Gasteiger partial charge in [0.25, 0.3) is 0 Å². The Morgan fingerprint density at radius 3 is 1.52 bits per heavy atom. The molecule has 3 aromatic carbocycles. The van der Waals surface area contributed by atoms with Crippen LogP contribution in [0.25, 0.3) is 5.32 Å². The second-order valence-electron chi connectivity index (χ2n) is 7.66. The summed E-state index contributed by atoms with van der Waals surface area (Å²) < 4.78 is 4.90. The van der Waals surface area contributed by atoms with Crippen LogP contribution < -0.4 is 15.9 Å². The van der Waals surface area contributed by atoms with E-state index in [1.807, 2.05) is 6.92 Å². The van der Waals surface area contributed by atoms with Crippen molar-refractivity contribution < 1.29 is 30.3 Å². The van der Waals surface area contributed by atoms with Crippen molar-refractivity contribution in [3.63, 3.8) is 0 Å².